The number of halogens is 1. The minimum Gasteiger partial charge on any atom is -0.444 e. The first-order valence-electron chi connectivity index (χ1n) is 10.1. The maximum Gasteiger partial charge on any atom is 0.410 e. The minimum atomic E-state index is -0.576. The van der Waals surface area contributed by atoms with Gasteiger partial charge in [0.2, 0.25) is 0 Å². The molecule has 2 atom stereocenters. The Morgan fingerprint density at radius 3 is 2.57 bits per heavy atom. The number of amides is 1. The van der Waals surface area contributed by atoms with E-state index in [1.807, 2.05) is 39.0 Å². The molecule has 0 bridgehead atoms. The summed E-state index contributed by atoms with van der Waals surface area (Å²) in [6.07, 6.45) is 0.00433. The summed E-state index contributed by atoms with van der Waals surface area (Å²) in [7, 11) is 0. The molecule has 5 nitrogen and oxygen atoms in total. The summed E-state index contributed by atoms with van der Waals surface area (Å²) in [6, 6.07) is 15.9. The first kappa shape index (κ1) is 21.8. The second kappa shape index (κ2) is 9.27. The van der Waals surface area contributed by atoms with E-state index in [9.17, 15) is 14.4 Å². The Morgan fingerprint density at radius 1 is 1.20 bits per heavy atom. The van der Waals surface area contributed by atoms with Crippen LogP contribution in [-0.2, 0) is 16.1 Å². The van der Waals surface area contributed by atoms with Gasteiger partial charge in [-0.05, 0) is 56.5 Å². The highest BCUT2D eigenvalue weighted by atomic mass is 19.1. The molecular weight excluding hydrogens is 383 g/mol. The third-order valence-corrected chi connectivity index (χ3v) is 5.10. The number of rotatable bonds is 4. The standard InChI is InChI=1S/C24H27FN2O3/c1-24(2,3)30-23(28)27-13-12-21(17-8-10-20(25)11-9-17)22(15-27)29-16-19-7-5-4-6-18(19)14-26/h4-11,21-22H,12-13,15-16H2,1-3H3. The van der Waals surface area contributed by atoms with Gasteiger partial charge in [-0.25, -0.2) is 9.18 Å². The van der Waals surface area contributed by atoms with Gasteiger partial charge in [0, 0.05) is 12.5 Å². The lowest BCUT2D eigenvalue weighted by Crippen LogP contribution is -2.48. The van der Waals surface area contributed by atoms with Gasteiger partial charge < -0.3 is 14.4 Å². The van der Waals surface area contributed by atoms with Crippen molar-refractivity contribution in [2.75, 3.05) is 13.1 Å². The molecule has 0 spiro atoms. The third-order valence-electron chi connectivity index (χ3n) is 5.10. The highest BCUT2D eigenvalue weighted by Crippen LogP contribution is 2.32. The van der Waals surface area contributed by atoms with Crippen LogP contribution in [0.2, 0.25) is 0 Å². The van der Waals surface area contributed by atoms with Crippen LogP contribution in [0.1, 0.15) is 49.8 Å². The molecule has 1 amide bonds. The van der Waals surface area contributed by atoms with Gasteiger partial charge in [-0.1, -0.05) is 30.3 Å². The van der Waals surface area contributed by atoms with E-state index in [2.05, 4.69) is 6.07 Å². The van der Waals surface area contributed by atoms with Crippen LogP contribution in [0.3, 0.4) is 0 Å². The summed E-state index contributed by atoms with van der Waals surface area (Å²) in [5.74, 6) is -0.274. The Balaban J connectivity index is 1.78. The van der Waals surface area contributed by atoms with E-state index in [1.165, 1.54) is 12.1 Å². The van der Waals surface area contributed by atoms with E-state index >= 15 is 0 Å². The molecule has 0 aliphatic carbocycles. The summed E-state index contributed by atoms with van der Waals surface area (Å²) >= 11 is 0. The van der Waals surface area contributed by atoms with E-state index in [0.29, 0.717) is 25.1 Å². The van der Waals surface area contributed by atoms with Crippen molar-refractivity contribution in [3.05, 3.63) is 71.0 Å². The van der Waals surface area contributed by atoms with Gasteiger partial charge >= 0.3 is 6.09 Å². The van der Waals surface area contributed by atoms with Gasteiger partial charge in [-0.15, -0.1) is 0 Å². The second-order valence-electron chi connectivity index (χ2n) is 8.49. The number of hydrogen-bond donors (Lipinski definition) is 0. The molecule has 0 saturated carbocycles. The molecule has 2 aromatic carbocycles. The van der Waals surface area contributed by atoms with E-state index in [4.69, 9.17) is 9.47 Å². The predicted molar refractivity (Wildman–Crippen MR) is 111 cm³/mol. The van der Waals surface area contributed by atoms with Crippen LogP contribution >= 0.6 is 0 Å². The molecule has 3 rings (SSSR count). The highest BCUT2D eigenvalue weighted by Gasteiger charge is 2.35. The molecule has 0 radical (unpaired) electrons. The van der Waals surface area contributed by atoms with E-state index in [-0.39, 0.29) is 30.5 Å². The van der Waals surface area contributed by atoms with Crippen LogP contribution in [0.25, 0.3) is 0 Å². The lowest BCUT2D eigenvalue weighted by atomic mass is 9.87. The fourth-order valence-corrected chi connectivity index (χ4v) is 3.62. The molecule has 1 heterocycles. The number of nitriles is 1. The van der Waals surface area contributed by atoms with E-state index < -0.39 is 5.60 Å². The van der Waals surface area contributed by atoms with Gasteiger partial charge in [-0.2, -0.15) is 5.26 Å². The number of carbonyl (C=O) groups excluding carboxylic acids is 1. The molecule has 30 heavy (non-hydrogen) atoms. The maximum absolute atomic E-state index is 13.4. The molecule has 2 aromatic rings. The van der Waals surface area contributed by atoms with E-state index in [0.717, 1.165) is 11.1 Å². The van der Waals surface area contributed by atoms with Gasteiger partial charge in [0.05, 0.1) is 30.9 Å². The third kappa shape index (κ3) is 5.58. The number of nitrogens with zero attached hydrogens (tertiary/aromatic N) is 2. The summed E-state index contributed by atoms with van der Waals surface area (Å²) in [6.45, 7) is 6.67. The topological polar surface area (TPSA) is 62.6 Å². The lowest BCUT2D eigenvalue weighted by Gasteiger charge is -2.39. The normalized spacial score (nSPS) is 19.2. The van der Waals surface area contributed by atoms with Crippen LogP contribution in [-0.4, -0.2) is 35.8 Å². The average Bonchev–Trinajstić information content (AvgIpc) is 2.71. The molecule has 0 aromatic heterocycles. The maximum atomic E-state index is 13.4. The van der Waals surface area contributed by atoms with Crippen molar-refractivity contribution in [3.8, 4) is 6.07 Å². The minimum absolute atomic E-state index is 0.0125. The van der Waals surface area contributed by atoms with Gasteiger partial charge in [0.25, 0.3) is 0 Å². The van der Waals surface area contributed by atoms with Gasteiger partial charge in [-0.3, -0.25) is 0 Å². The van der Waals surface area contributed by atoms with Crippen molar-refractivity contribution in [2.24, 2.45) is 0 Å². The second-order valence-corrected chi connectivity index (χ2v) is 8.49. The zero-order valence-corrected chi connectivity index (χ0v) is 17.6. The number of hydrogen-bond acceptors (Lipinski definition) is 4. The summed E-state index contributed by atoms with van der Waals surface area (Å²) in [4.78, 5) is 14.2. The number of likely N-dealkylation sites (tertiary alicyclic amines) is 1. The smallest absolute Gasteiger partial charge is 0.410 e. The number of piperidine rings is 1. The Hall–Kier alpha value is -2.91. The Bertz CT molecular complexity index is 915. The molecule has 1 aliphatic heterocycles. The number of benzene rings is 2. The predicted octanol–water partition coefficient (Wildman–Crippen LogP) is 5.01. The Labute approximate surface area is 177 Å². The zero-order chi connectivity index (χ0) is 21.7. The van der Waals surface area contributed by atoms with Crippen molar-refractivity contribution in [2.45, 2.75) is 51.4 Å². The van der Waals surface area contributed by atoms with Crippen molar-refractivity contribution >= 4 is 6.09 Å². The van der Waals surface area contributed by atoms with Crippen molar-refractivity contribution in [1.82, 2.24) is 4.90 Å². The summed E-state index contributed by atoms with van der Waals surface area (Å²) < 4.78 is 25.1. The first-order valence-corrected chi connectivity index (χ1v) is 10.1. The van der Waals surface area contributed by atoms with Crippen LogP contribution in [0, 0.1) is 17.1 Å². The van der Waals surface area contributed by atoms with Crippen molar-refractivity contribution < 1.29 is 18.7 Å². The number of carbonyl (C=O) groups is 1. The molecule has 1 fully saturated rings. The van der Waals surface area contributed by atoms with Crippen LogP contribution in [0.15, 0.2) is 48.5 Å². The van der Waals surface area contributed by atoms with Gasteiger partial charge in [0.15, 0.2) is 0 Å². The Morgan fingerprint density at radius 2 is 1.90 bits per heavy atom. The van der Waals surface area contributed by atoms with E-state index in [1.54, 1.807) is 23.1 Å². The molecule has 158 valence electrons. The monoisotopic (exact) mass is 410 g/mol. The zero-order valence-electron chi connectivity index (χ0n) is 17.6. The van der Waals surface area contributed by atoms with Gasteiger partial charge in [0.1, 0.15) is 11.4 Å². The summed E-state index contributed by atoms with van der Waals surface area (Å²) in [5.41, 5.74) is 1.76. The largest absolute Gasteiger partial charge is 0.444 e. The highest BCUT2D eigenvalue weighted by molar-refractivity contribution is 5.68. The fourth-order valence-electron chi connectivity index (χ4n) is 3.62. The van der Waals surface area contributed by atoms with Crippen molar-refractivity contribution in [1.29, 1.82) is 5.26 Å². The SMILES string of the molecule is CC(C)(C)OC(=O)N1CCC(c2ccc(F)cc2)C(OCc2ccccc2C#N)C1. The quantitative estimate of drug-likeness (QED) is 0.711. The fraction of sp³-hybridized carbons (Fsp3) is 0.417. The molecule has 6 heteroatoms. The molecule has 2 unspecified atom stereocenters. The van der Waals surface area contributed by atoms with Crippen LogP contribution in [0.5, 0.6) is 0 Å². The molecule has 1 aliphatic rings. The van der Waals surface area contributed by atoms with Crippen LogP contribution < -0.4 is 0 Å². The molecule has 1 saturated heterocycles. The lowest BCUT2D eigenvalue weighted by molar-refractivity contribution is -0.0360. The number of ether oxygens (including phenoxy) is 2. The van der Waals surface area contributed by atoms with Crippen LogP contribution in [0.4, 0.5) is 9.18 Å². The van der Waals surface area contributed by atoms with Crippen molar-refractivity contribution in [3.63, 3.8) is 0 Å². The molecular formula is C24H27FN2O3. The molecule has 0 N–H and O–H groups in total. The summed E-state index contributed by atoms with van der Waals surface area (Å²) in [5, 5.41) is 9.32. The first-order chi connectivity index (χ1) is 14.3. The Kier molecular flexibility index (Phi) is 6.73. The average molecular weight is 410 g/mol.